The van der Waals surface area contributed by atoms with Crippen LogP contribution in [-0.2, 0) is 6.54 Å². The van der Waals surface area contributed by atoms with Gasteiger partial charge in [-0.25, -0.2) is 9.67 Å². The molecule has 0 aliphatic heterocycles. The summed E-state index contributed by atoms with van der Waals surface area (Å²) in [6.45, 7) is 4.49. The van der Waals surface area contributed by atoms with Gasteiger partial charge in [-0.3, -0.25) is 4.79 Å². The molecule has 0 atom stereocenters. The highest BCUT2D eigenvalue weighted by Gasteiger charge is 2.21. The van der Waals surface area contributed by atoms with Gasteiger partial charge in [-0.2, -0.15) is 10.4 Å². The molecule has 30 heavy (non-hydrogen) atoms. The highest BCUT2D eigenvalue weighted by Crippen LogP contribution is 2.29. The van der Waals surface area contributed by atoms with E-state index in [4.69, 9.17) is 10.2 Å². The summed E-state index contributed by atoms with van der Waals surface area (Å²) in [5, 5.41) is 16.3. The van der Waals surface area contributed by atoms with Crippen molar-refractivity contribution >= 4 is 28.3 Å². The van der Waals surface area contributed by atoms with Crippen molar-refractivity contribution in [3.63, 3.8) is 0 Å². The maximum atomic E-state index is 13.4. The normalized spacial score (nSPS) is 11.0. The van der Waals surface area contributed by atoms with Crippen LogP contribution in [0.2, 0.25) is 0 Å². The lowest BCUT2D eigenvalue weighted by Gasteiger charge is -2.18. The molecule has 0 bridgehead atoms. The first-order valence-electron chi connectivity index (χ1n) is 9.64. The van der Waals surface area contributed by atoms with Crippen LogP contribution in [-0.4, -0.2) is 32.6 Å². The van der Waals surface area contributed by atoms with Crippen molar-refractivity contribution in [3.8, 4) is 16.6 Å². The number of carbonyl (C=O) groups is 1. The molecule has 0 spiro atoms. The number of amides is 1. The predicted molar refractivity (Wildman–Crippen MR) is 118 cm³/mol. The molecule has 0 N–H and O–H groups in total. The third-order valence-corrected chi connectivity index (χ3v) is 5.77. The molecule has 4 rings (SSSR count). The fourth-order valence-corrected chi connectivity index (χ4v) is 4.10. The molecule has 3 aromatic heterocycles. The number of aromatic nitrogens is 3. The number of hydrogen-bond donors (Lipinski definition) is 0. The van der Waals surface area contributed by atoms with E-state index >= 15 is 0 Å². The minimum absolute atomic E-state index is 0.106. The summed E-state index contributed by atoms with van der Waals surface area (Å²) in [6.07, 6.45) is 1.72. The molecule has 1 aromatic carbocycles. The molecule has 150 valence electrons. The van der Waals surface area contributed by atoms with Crippen molar-refractivity contribution in [2.75, 3.05) is 7.05 Å². The van der Waals surface area contributed by atoms with Gasteiger partial charge < -0.3 is 4.90 Å². The Balaban J connectivity index is 1.76. The van der Waals surface area contributed by atoms with E-state index < -0.39 is 0 Å². The average Bonchev–Trinajstić information content (AvgIpc) is 3.42. The maximum absolute atomic E-state index is 13.4. The second-order valence-corrected chi connectivity index (χ2v) is 8.37. The van der Waals surface area contributed by atoms with Crippen molar-refractivity contribution in [1.82, 2.24) is 19.7 Å². The summed E-state index contributed by atoms with van der Waals surface area (Å²) in [6, 6.07) is 15.4. The van der Waals surface area contributed by atoms with Crippen LogP contribution in [0.25, 0.3) is 21.6 Å². The number of pyridine rings is 1. The van der Waals surface area contributed by atoms with E-state index in [2.05, 4.69) is 11.2 Å². The van der Waals surface area contributed by atoms with E-state index in [-0.39, 0.29) is 11.9 Å². The van der Waals surface area contributed by atoms with Crippen LogP contribution in [0.5, 0.6) is 0 Å². The lowest BCUT2D eigenvalue weighted by molar-refractivity contribution is 0.0787. The molecule has 6 nitrogen and oxygen atoms in total. The second-order valence-electron chi connectivity index (χ2n) is 7.43. The maximum Gasteiger partial charge on any atom is 0.254 e. The number of benzene rings is 1. The van der Waals surface area contributed by atoms with Crippen molar-refractivity contribution in [3.05, 3.63) is 70.7 Å². The molecule has 0 saturated heterocycles. The Morgan fingerprint density at radius 3 is 2.80 bits per heavy atom. The van der Waals surface area contributed by atoms with Crippen molar-refractivity contribution < 1.29 is 4.79 Å². The van der Waals surface area contributed by atoms with Crippen molar-refractivity contribution in [2.24, 2.45) is 0 Å². The topological polar surface area (TPSA) is 74.8 Å². The molecule has 0 unspecified atom stereocenters. The number of rotatable bonds is 5. The Bertz CT molecular complexity index is 1250. The van der Waals surface area contributed by atoms with Gasteiger partial charge in [-0.1, -0.05) is 18.2 Å². The van der Waals surface area contributed by atoms with Gasteiger partial charge in [0.25, 0.3) is 5.91 Å². The minimum atomic E-state index is -0.106. The molecular formula is C23H21N5OS. The standard InChI is InChI=1S/C23H21N5OS/c1-15(2)28-22-19(13-25-28)18(11-20(26-22)21-8-5-9-30-21)23(29)27(3)14-17-7-4-6-16(10-17)12-24/h4-11,13,15H,14H2,1-3H3. The molecule has 7 heteroatoms. The van der Waals surface area contributed by atoms with Crippen LogP contribution in [0.3, 0.4) is 0 Å². The van der Waals surface area contributed by atoms with Gasteiger partial charge in [0, 0.05) is 19.6 Å². The summed E-state index contributed by atoms with van der Waals surface area (Å²) < 4.78 is 1.85. The third-order valence-electron chi connectivity index (χ3n) is 4.88. The molecule has 0 saturated carbocycles. The summed E-state index contributed by atoms with van der Waals surface area (Å²) in [4.78, 5) is 20.9. The van der Waals surface area contributed by atoms with Crippen LogP contribution in [0.1, 0.15) is 41.4 Å². The molecule has 1 amide bonds. The first-order chi connectivity index (χ1) is 14.5. The summed E-state index contributed by atoms with van der Waals surface area (Å²) in [5.41, 5.74) is 3.54. The predicted octanol–water partition coefficient (Wildman–Crippen LogP) is 4.88. The van der Waals surface area contributed by atoms with Gasteiger partial charge >= 0.3 is 0 Å². The van der Waals surface area contributed by atoms with Crippen LogP contribution >= 0.6 is 11.3 Å². The molecular weight excluding hydrogens is 394 g/mol. The highest BCUT2D eigenvalue weighted by molar-refractivity contribution is 7.13. The van der Waals surface area contributed by atoms with Crippen LogP contribution in [0.4, 0.5) is 0 Å². The van der Waals surface area contributed by atoms with Crippen LogP contribution in [0, 0.1) is 11.3 Å². The summed E-state index contributed by atoms with van der Waals surface area (Å²) >= 11 is 1.59. The quantitative estimate of drug-likeness (QED) is 0.465. The number of fused-ring (bicyclic) bond motifs is 1. The zero-order valence-corrected chi connectivity index (χ0v) is 17.8. The lowest BCUT2D eigenvalue weighted by atomic mass is 10.1. The Labute approximate surface area is 179 Å². The van der Waals surface area contributed by atoms with Crippen molar-refractivity contribution in [1.29, 1.82) is 5.26 Å². The number of hydrogen-bond acceptors (Lipinski definition) is 5. The van der Waals surface area contributed by atoms with Gasteiger partial charge in [0.1, 0.15) is 0 Å². The molecule has 0 aliphatic rings. The monoisotopic (exact) mass is 415 g/mol. The molecule has 3 heterocycles. The van der Waals surface area contributed by atoms with Gasteiger partial charge in [0.2, 0.25) is 0 Å². The van der Waals surface area contributed by atoms with Crippen molar-refractivity contribution in [2.45, 2.75) is 26.4 Å². The Morgan fingerprint density at radius 1 is 1.27 bits per heavy atom. The fourth-order valence-electron chi connectivity index (χ4n) is 3.41. The molecule has 4 aromatic rings. The smallest absolute Gasteiger partial charge is 0.254 e. The van der Waals surface area contributed by atoms with E-state index in [1.807, 2.05) is 54.2 Å². The van der Waals surface area contributed by atoms with Gasteiger partial charge in [-0.05, 0) is 49.1 Å². The fraction of sp³-hybridized carbons (Fsp3) is 0.217. The van der Waals surface area contributed by atoms with Gasteiger partial charge in [-0.15, -0.1) is 11.3 Å². The highest BCUT2D eigenvalue weighted by atomic mass is 32.1. The first kappa shape index (κ1) is 19.8. The van der Waals surface area contributed by atoms with E-state index in [0.29, 0.717) is 23.3 Å². The van der Waals surface area contributed by atoms with Crippen LogP contribution < -0.4 is 0 Å². The largest absolute Gasteiger partial charge is 0.337 e. The van der Waals surface area contributed by atoms with Gasteiger partial charge in [0.15, 0.2) is 5.65 Å². The van der Waals surface area contributed by atoms with E-state index in [0.717, 1.165) is 21.5 Å². The average molecular weight is 416 g/mol. The first-order valence-corrected chi connectivity index (χ1v) is 10.5. The second kappa shape index (κ2) is 8.09. The summed E-state index contributed by atoms with van der Waals surface area (Å²) in [5.74, 6) is -0.106. The molecule has 0 radical (unpaired) electrons. The number of nitrogens with zero attached hydrogens (tertiary/aromatic N) is 5. The van der Waals surface area contributed by atoms with E-state index in [9.17, 15) is 4.79 Å². The lowest BCUT2D eigenvalue weighted by Crippen LogP contribution is -2.26. The number of nitriles is 1. The van der Waals surface area contributed by atoms with Gasteiger partial charge in [0.05, 0.1) is 39.4 Å². The zero-order chi connectivity index (χ0) is 21.3. The van der Waals surface area contributed by atoms with E-state index in [1.165, 1.54) is 0 Å². The third kappa shape index (κ3) is 3.70. The Morgan fingerprint density at radius 2 is 2.10 bits per heavy atom. The van der Waals surface area contributed by atoms with E-state index in [1.54, 1.807) is 41.6 Å². The SMILES string of the molecule is CC(C)n1ncc2c(C(=O)N(C)Cc3cccc(C#N)c3)cc(-c3cccs3)nc21. The molecule has 0 fully saturated rings. The zero-order valence-electron chi connectivity index (χ0n) is 17.0. The molecule has 0 aliphatic carbocycles. The Hall–Kier alpha value is -3.50. The minimum Gasteiger partial charge on any atom is -0.337 e. The summed E-state index contributed by atoms with van der Waals surface area (Å²) in [7, 11) is 1.77. The number of thiophene rings is 1. The number of carbonyl (C=O) groups excluding carboxylic acids is 1. The van der Waals surface area contributed by atoms with Crippen LogP contribution in [0.15, 0.2) is 54.0 Å². The Kier molecular flexibility index (Phi) is 5.34.